The SMILES string of the molecule is COC1CN(CCC2CCCCN2)CC1OC. The minimum atomic E-state index is 0.249. The molecule has 0 aliphatic carbocycles. The van der Waals surface area contributed by atoms with Crippen molar-refractivity contribution in [3.63, 3.8) is 0 Å². The zero-order chi connectivity index (χ0) is 12.1. The second kappa shape index (κ2) is 6.69. The molecule has 2 aliphatic rings. The second-order valence-corrected chi connectivity index (χ2v) is 5.24. The predicted molar refractivity (Wildman–Crippen MR) is 68.3 cm³/mol. The van der Waals surface area contributed by atoms with Crippen molar-refractivity contribution in [1.29, 1.82) is 0 Å². The van der Waals surface area contributed by atoms with Crippen molar-refractivity contribution in [3.05, 3.63) is 0 Å². The van der Waals surface area contributed by atoms with Crippen LogP contribution in [-0.2, 0) is 9.47 Å². The van der Waals surface area contributed by atoms with Gasteiger partial charge in [-0.1, -0.05) is 6.42 Å². The maximum absolute atomic E-state index is 5.45. The van der Waals surface area contributed by atoms with Crippen LogP contribution in [0.4, 0.5) is 0 Å². The maximum Gasteiger partial charge on any atom is 0.0971 e. The molecule has 0 aromatic heterocycles. The second-order valence-electron chi connectivity index (χ2n) is 5.24. The average molecular weight is 242 g/mol. The molecule has 3 atom stereocenters. The number of ether oxygens (including phenoxy) is 2. The van der Waals surface area contributed by atoms with Crippen LogP contribution in [0.15, 0.2) is 0 Å². The fourth-order valence-corrected chi connectivity index (χ4v) is 2.96. The molecule has 0 saturated carbocycles. The van der Waals surface area contributed by atoms with E-state index in [0.717, 1.165) is 25.7 Å². The monoisotopic (exact) mass is 242 g/mol. The molecule has 0 aromatic carbocycles. The number of piperidine rings is 1. The minimum Gasteiger partial charge on any atom is -0.377 e. The molecule has 3 unspecified atom stereocenters. The van der Waals surface area contributed by atoms with Gasteiger partial charge in [0.2, 0.25) is 0 Å². The lowest BCUT2D eigenvalue weighted by molar-refractivity contribution is -0.00461. The Morgan fingerprint density at radius 2 is 1.82 bits per heavy atom. The first-order valence-corrected chi connectivity index (χ1v) is 6.85. The van der Waals surface area contributed by atoms with Gasteiger partial charge in [-0.05, 0) is 32.4 Å². The fraction of sp³-hybridized carbons (Fsp3) is 1.00. The molecule has 2 heterocycles. The summed E-state index contributed by atoms with van der Waals surface area (Å²) in [6, 6.07) is 0.728. The highest BCUT2D eigenvalue weighted by molar-refractivity contribution is 4.86. The van der Waals surface area contributed by atoms with Crippen molar-refractivity contribution in [2.45, 2.75) is 43.9 Å². The summed E-state index contributed by atoms with van der Waals surface area (Å²) in [5.41, 5.74) is 0. The first-order valence-electron chi connectivity index (χ1n) is 6.85. The first-order chi connectivity index (χ1) is 8.33. The number of methoxy groups -OCH3 is 2. The number of hydrogen-bond acceptors (Lipinski definition) is 4. The third kappa shape index (κ3) is 3.65. The van der Waals surface area contributed by atoms with Crippen LogP contribution >= 0.6 is 0 Å². The smallest absolute Gasteiger partial charge is 0.0971 e. The Hall–Kier alpha value is -0.160. The van der Waals surface area contributed by atoms with Gasteiger partial charge in [0, 0.05) is 33.4 Å². The number of nitrogens with zero attached hydrogens (tertiary/aromatic N) is 1. The topological polar surface area (TPSA) is 33.7 Å². The molecule has 4 heteroatoms. The third-order valence-corrected chi connectivity index (χ3v) is 4.10. The van der Waals surface area contributed by atoms with Gasteiger partial charge in [-0.2, -0.15) is 0 Å². The molecule has 100 valence electrons. The van der Waals surface area contributed by atoms with Crippen LogP contribution in [0.1, 0.15) is 25.7 Å². The lowest BCUT2D eigenvalue weighted by Crippen LogP contribution is -2.37. The quantitative estimate of drug-likeness (QED) is 0.775. The highest BCUT2D eigenvalue weighted by Crippen LogP contribution is 2.17. The number of nitrogens with one attached hydrogen (secondary N) is 1. The Balaban J connectivity index is 1.69. The van der Waals surface area contributed by atoms with Gasteiger partial charge >= 0.3 is 0 Å². The Morgan fingerprint density at radius 1 is 1.12 bits per heavy atom. The van der Waals surface area contributed by atoms with Crippen LogP contribution in [-0.4, -0.2) is 63.5 Å². The molecular formula is C13H26N2O2. The molecule has 0 spiro atoms. The van der Waals surface area contributed by atoms with Crippen molar-refractivity contribution in [1.82, 2.24) is 10.2 Å². The summed E-state index contributed by atoms with van der Waals surface area (Å²) in [5, 5.41) is 3.60. The summed E-state index contributed by atoms with van der Waals surface area (Å²) in [6.07, 6.45) is 5.83. The summed E-state index contributed by atoms with van der Waals surface area (Å²) < 4.78 is 10.9. The zero-order valence-electron chi connectivity index (χ0n) is 11.2. The Morgan fingerprint density at radius 3 is 2.35 bits per heavy atom. The van der Waals surface area contributed by atoms with Crippen molar-refractivity contribution in [2.75, 3.05) is 40.4 Å². The standard InChI is InChI=1S/C13H26N2O2/c1-16-12-9-15(10-13(12)17-2)8-6-11-5-3-4-7-14-11/h11-14H,3-10H2,1-2H3. The molecule has 0 bridgehead atoms. The minimum absolute atomic E-state index is 0.249. The van der Waals surface area contributed by atoms with E-state index in [9.17, 15) is 0 Å². The van der Waals surface area contributed by atoms with Gasteiger partial charge in [-0.3, -0.25) is 4.90 Å². The summed E-state index contributed by atoms with van der Waals surface area (Å²) in [4.78, 5) is 2.47. The number of hydrogen-bond donors (Lipinski definition) is 1. The van der Waals surface area contributed by atoms with E-state index in [1.54, 1.807) is 14.2 Å². The van der Waals surface area contributed by atoms with E-state index in [4.69, 9.17) is 9.47 Å². The molecule has 1 N–H and O–H groups in total. The molecule has 2 saturated heterocycles. The maximum atomic E-state index is 5.45. The Kier molecular flexibility index (Phi) is 5.22. The van der Waals surface area contributed by atoms with Gasteiger partial charge in [-0.15, -0.1) is 0 Å². The van der Waals surface area contributed by atoms with Crippen molar-refractivity contribution >= 4 is 0 Å². The molecule has 2 aliphatic heterocycles. The van der Waals surface area contributed by atoms with Crippen LogP contribution in [0.5, 0.6) is 0 Å². The summed E-state index contributed by atoms with van der Waals surface area (Å²) in [7, 11) is 3.56. The van der Waals surface area contributed by atoms with Crippen LogP contribution < -0.4 is 5.32 Å². The van der Waals surface area contributed by atoms with E-state index in [2.05, 4.69) is 10.2 Å². The van der Waals surface area contributed by atoms with E-state index in [0.29, 0.717) is 0 Å². The van der Waals surface area contributed by atoms with Crippen LogP contribution in [0.25, 0.3) is 0 Å². The van der Waals surface area contributed by atoms with Crippen LogP contribution in [0.2, 0.25) is 0 Å². The lowest BCUT2D eigenvalue weighted by atomic mass is 10.0. The van der Waals surface area contributed by atoms with Crippen LogP contribution in [0.3, 0.4) is 0 Å². The molecule has 4 nitrogen and oxygen atoms in total. The molecule has 0 radical (unpaired) electrons. The van der Waals surface area contributed by atoms with Crippen LogP contribution in [0, 0.1) is 0 Å². The summed E-state index contributed by atoms with van der Waals surface area (Å²) in [6.45, 7) is 4.40. The first kappa shape index (κ1) is 13.3. The van der Waals surface area contributed by atoms with E-state index in [1.165, 1.54) is 32.2 Å². The van der Waals surface area contributed by atoms with E-state index in [-0.39, 0.29) is 12.2 Å². The van der Waals surface area contributed by atoms with Crippen molar-refractivity contribution in [3.8, 4) is 0 Å². The van der Waals surface area contributed by atoms with Gasteiger partial charge in [0.1, 0.15) is 0 Å². The van der Waals surface area contributed by atoms with Gasteiger partial charge in [-0.25, -0.2) is 0 Å². The van der Waals surface area contributed by atoms with Gasteiger partial charge in [0.25, 0.3) is 0 Å². The van der Waals surface area contributed by atoms with Gasteiger partial charge < -0.3 is 14.8 Å². The summed E-state index contributed by atoms with van der Waals surface area (Å²) in [5.74, 6) is 0. The highest BCUT2D eigenvalue weighted by Gasteiger charge is 2.32. The molecule has 0 aromatic rings. The van der Waals surface area contributed by atoms with Gasteiger partial charge in [0.05, 0.1) is 12.2 Å². The van der Waals surface area contributed by atoms with E-state index >= 15 is 0 Å². The highest BCUT2D eigenvalue weighted by atomic mass is 16.5. The zero-order valence-corrected chi connectivity index (χ0v) is 11.2. The molecule has 2 fully saturated rings. The molecular weight excluding hydrogens is 216 g/mol. The van der Waals surface area contributed by atoms with Crippen molar-refractivity contribution in [2.24, 2.45) is 0 Å². The largest absolute Gasteiger partial charge is 0.377 e. The number of likely N-dealkylation sites (tertiary alicyclic amines) is 1. The fourth-order valence-electron chi connectivity index (χ4n) is 2.96. The number of rotatable bonds is 5. The van der Waals surface area contributed by atoms with E-state index in [1.807, 2.05) is 0 Å². The Bertz CT molecular complexity index is 207. The summed E-state index contributed by atoms with van der Waals surface area (Å²) >= 11 is 0. The predicted octanol–water partition coefficient (Wildman–Crippen LogP) is 0.864. The average Bonchev–Trinajstić information content (AvgIpc) is 2.80. The molecule has 17 heavy (non-hydrogen) atoms. The van der Waals surface area contributed by atoms with E-state index < -0.39 is 0 Å². The molecule has 2 rings (SSSR count). The third-order valence-electron chi connectivity index (χ3n) is 4.10. The van der Waals surface area contributed by atoms with Gasteiger partial charge in [0.15, 0.2) is 0 Å². The van der Waals surface area contributed by atoms with Crippen molar-refractivity contribution < 1.29 is 9.47 Å². The lowest BCUT2D eigenvalue weighted by Gasteiger charge is -2.25. The normalized spacial score (nSPS) is 35.3. The molecule has 0 amide bonds. The Labute approximate surface area is 105 Å².